The number of halogens is 1. The van der Waals surface area contributed by atoms with Crippen LogP contribution in [0.15, 0.2) is 6.07 Å². The van der Waals surface area contributed by atoms with Gasteiger partial charge < -0.3 is 15.2 Å². The minimum Gasteiger partial charge on any atom is -0.389 e. The molecule has 6 heteroatoms. The van der Waals surface area contributed by atoms with Crippen molar-refractivity contribution in [2.75, 3.05) is 19.8 Å². The molecule has 118 valence electrons. The van der Waals surface area contributed by atoms with Crippen LogP contribution in [0.4, 0.5) is 0 Å². The largest absolute Gasteiger partial charge is 0.389 e. The lowest BCUT2D eigenvalue weighted by Gasteiger charge is -2.14. The maximum absolute atomic E-state index is 12.1. The van der Waals surface area contributed by atoms with Crippen LogP contribution in [0.3, 0.4) is 0 Å². The first-order valence-corrected chi connectivity index (χ1v) is 7.36. The lowest BCUT2D eigenvalue weighted by Crippen LogP contribution is -2.35. The Morgan fingerprint density at radius 3 is 2.67 bits per heavy atom. The van der Waals surface area contributed by atoms with Gasteiger partial charge in [-0.2, -0.15) is 0 Å². The maximum atomic E-state index is 12.1. The minimum absolute atomic E-state index is 0.112. The van der Waals surface area contributed by atoms with Crippen molar-refractivity contribution in [3.63, 3.8) is 0 Å². The summed E-state index contributed by atoms with van der Waals surface area (Å²) in [4.78, 5) is 16.2. The van der Waals surface area contributed by atoms with Crippen LogP contribution in [0.5, 0.6) is 0 Å². The molecule has 0 saturated heterocycles. The number of aliphatic hydroxyl groups is 1. The van der Waals surface area contributed by atoms with Crippen LogP contribution in [-0.2, 0) is 4.74 Å². The average Bonchev–Trinajstić information content (AvgIpc) is 2.34. The molecule has 0 aromatic carbocycles. The maximum Gasteiger partial charge on any atom is 0.254 e. The molecule has 0 saturated carbocycles. The van der Waals surface area contributed by atoms with Gasteiger partial charge in [0.25, 0.3) is 5.91 Å². The van der Waals surface area contributed by atoms with E-state index in [0.717, 1.165) is 11.3 Å². The highest BCUT2D eigenvalue weighted by molar-refractivity contribution is 6.32. The summed E-state index contributed by atoms with van der Waals surface area (Å²) in [6, 6.07) is 1.79. The fraction of sp³-hybridized carbons (Fsp3) is 0.600. The number of pyridine rings is 1. The summed E-state index contributed by atoms with van der Waals surface area (Å²) in [6.45, 7) is 8.57. The highest BCUT2D eigenvalue weighted by atomic mass is 35.5. The van der Waals surface area contributed by atoms with Crippen LogP contribution < -0.4 is 5.32 Å². The van der Waals surface area contributed by atoms with Gasteiger partial charge >= 0.3 is 0 Å². The van der Waals surface area contributed by atoms with Crippen LogP contribution in [-0.4, -0.2) is 41.9 Å². The average molecular weight is 315 g/mol. The van der Waals surface area contributed by atoms with Crippen LogP contribution in [0.25, 0.3) is 0 Å². The predicted molar refractivity (Wildman–Crippen MR) is 82.7 cm³/mol. The van der Waals surface area contributed by atoms with Gasteiger partial charge in [0.05, 0.1) is 18.3 Å². The number of nitrogens with one attached hydrogen (secondary N) is 1. The second kappa shape index (κ2) is 8.32. The smallest absolute Gasteiger partial charge is 0.254 e. The molecule has 0 radical (unpaired) electrons. The first-order chi connectivity index (χ1) is 9.81. The van der Waals surface area contributed by atoms with Gasteiger partial charge in [0.2, 0.25) is 0 Å². The fourth-order valence-electron chi connectivity index (χ4n) is 1.86. The zero-order chi connectivity index (χ0) is 16.0. The first-order valence-electron chi connectivity index (χ1n) is 6.99. The molecule has 1 aromatic rings. The summed E-state index contributed by atoms with van der Waals surface area (Å²) in [7, 11) is 0. The van der Waals surface area contributed by atoms with Crippen molar-refractivity contribution in [2.45, 2.75) is 33.8 Å². The second-order valence-electron chi connectivity index (χ2n) is 5.54. The molecule has 1 rings (SSSR count). The number of nitrogens with zero attached hydrogens (tertiary/aromatic N) is 1. The van der Waals surface area contributed by atoms with Crippen LogP contribution in [0, 0.1) is 19.8 Å². The normalized spacial score (nSPS) is 12.5. The summed E-state index contributed by atoms with van der Waals surface area (Å²) < 4.78 is 5.32. The van der Waals surface area contributed by atoms with Crippen molar-refractivity contribution >= 4 is 17.5 Å². The number of carbonyl (C=O) groups is 1. The van der Waals surface area contributed by atoms with E-state index in [2.05, 4.69) is 10.3 Å². The minimum atomic E-state index is -0.745. The van der Waals surface area contributed by atoms with Gasteiger partial charge in [-0.3, -0.25) is 4.79 Å². The van der Waals surface area contributed by atoms with Gasteiger partial charge in [0, 0.05) is 18.8 Å². The van der Waals surface area contributed by atoms with E-state index < -0.39 is 6.10 Å². The van der Waals surface area contributed by atoms with Crippen LogP contribution >= 0.6 is 11.6 Å². The van der Waals surface area contributed by atoms with E-state index >= 15 is 0 Å². The standard InChI is InChI=1S/C15H23ClN2O3/c1-9(2)7-21-8-12(19)6-17-15(20)13-10(3)5-11(4)18-14(13)16/h5,9,12,19H,6-8H2,1-4H3,(H,17,20). The van der Waals surface area contributed by atoms with Crippen molar-refractivity contribution in [1.82, 2.24) is 10.3 Å². The number of aliphatic hydroxyl groups excluding tert-OH is 1. The molecule has 1 unspecified atom stereocenters. The number of amides is 1. The molecule has 0 fully saturated rings. The van der Waals surface area contributed by atoms with Crippen molar-refractivity contribution < 1.29 is 14.6 Å². The van der Waals surface area contributed by atoms with Crippen molar-refractivity contribution in [3.8, 4) is 0 Å². The Morgan fingerprint density at radius 2 is 2.10 bits per heavy atom. The summed E-state index contributed by atoms with van der Waals surface area (Å²) in [5, 5.41) is 12.6. The van der Waals surface area contributed by atoms with Crippen molar-refractivity contribution in [3.05, 3.63) is 28.0 Å². The quantitative estimate of drug-likeness (QED) is 0.756. The molecule has 1 amide bonds. The topological polar surface area (TPSA) is 71.5 Å². The van der Waals surface area contributed by atoms with Gasteiger partial charge in [-0.05, 0) is 31.4 Å². The number of aromatic nitrogens is 1. The van der Waals surface area contributed by atoms with Crippen molar-refractivity contribution in [2.24, 2.45) is 5.92 Å². The number of aryl methyl sites for hydroxylation is 2. The van der Waals surface area contributed by atoms with E-state index in [-0.39, 0.29) is 24.2 Å². The Labute approximate surface area is 130 Å². The Hall–Kier alpha value is -1.17. The van der Waals surface area contributed by atoms with E-state index in [1.807, 2.05) is 20.8 Å². The number of carbonyl (C=O) groups excluding carboxylic acids is 1. The molecule has 0 aliphatic heterocycles. The van der Waals surface area contributed by atoms with Gasteiger partial charge in [-0.25, -0.2) is 4.98 Å². The predicted octanol–water partition coefficient (Wildman–Crippen LogP) is 2.12. The summed E-state index contributed by atoms with van der Waals surface area (Å²) in [5.74, 6) is 0.0692. The summed E-state index contributed by atoms with van der Waals surface area (Å²) >= 11 is 6.00. The number of hydrogen-bond donors (Lipinski definition) is 2. The third-order valence-corrected chi connectivity index (χ3v) is 3.06. The molecule has 1 atom stereocenters. The highest BCUT2D eigenvalue weighted by Gasteiger charge is 2.16. The number of hydrogen-bond acceptors (Lipinski definition) is 4. The number of ether oxygens (including phenoxy) is 1. The Kier molecular flexibility index (Phi) is 7.08. The van der Waals surface area contributed by atoms with E-state index in [0.29, 0.717) is 18.1 Å². The van der Waals surface area contributed by atoms with Gasteiger partial charge in [-0.15, -0.1) is 0 Å². The molecular weight excluding hydrogens is 292 g/mol. The molecule has 0 aliphatic rings. The van der Waals surface area contributed by atoms with Crippen molar-refractivity contribution in [1.29, 1.82) is 0 Å². The molecule has 21 heavy (non-hydrogen) atoms. The third-order valence-electron chi connectivity index (χ3n) is 2.79. The SMILES string of the molecule is Cc1cc(C)c(C(=O)NCC(O)COCC(C)C)c(Cl)n1. The number of rotatable bonds is 7. The zero-order valence-corrected chi connectivity index (χ0v) is 13.7. The Balaban J connectivity index is 2.51. The molecule has 2 N–H and O–H groups in total. The Morgan fingerprint density at radius 1 is 1.43 bits per heavy atom. The van der Waals surface area contributed by atoms with Gasteiger partial charge in [0.1, 0.15) is 5.15 Å². The van der Waals surface area contributed by atoms with Gasteiger partial charge in [-0.1, -0.05) is 25.4 Å². The van der Waals surface area contributed by atoms with Gasteiger partial charge in [0.15, 0.2) is 0 Å². The van der Waals surface area contributed by atoms with E-state index in [1.54, 1.807) is 13.0 Å². The summed E-state index contributed by atoms with van der Waals surface area (Å²) in [5.41, 5.74) is 1.87. The van der Waals surface area contributed by atoms with E-state index in [1.165, 1.54) is 0 Å². The molecular formula is C15H23ClN2O3. The lowest BCUT2D eigenvalue weighted by atomic mass is 10.1. The molecule has 0 spiro atoms. The molecule has 5 nitrogen and oxygen atoms in total. The summed E-state index contributed by atoms with van der Waals surface area (Å²) in [6.07, 6.45) is -0.745. The molecule has 0 aliphatic carbocycles. The van der Waals surface area contributed by atoms with Crippen LogP contribution in [0.2, 0.25) is 5.15 Å². The lowest BCUT2D eigenvalue weighted by molar-refractivity contribution is 0.0259. The monoisotopic (exact) mass is 314 g/mol. The fourth-order valence-corrected chi connectivity index (χ4v) is 2.23. The Bertz CT molecular complexity index is 469. The highest BCUT2D eigenvalue weighted by Crippen LogP contribution is 2.18. The molecule has 0 bridgehead atoms. The second-order valence-corrected chi connectivity index (χ2v) is 5.90. The molecule has 1 aromatic heterocycles. The zero-order valence-electron chi connectivity index (χ0n) is 12.9. The molecule has 1 heterocycles. The van der Waals surface area contributed by atoms with E-state index in [4.69, 9.17) is 16.3 Å². The first kappa shape index (κ1) is 17.9. The van der Waals surface area contributed by atoms with E-state index in [9.17, 15) is 9.90 Å². The third kappa shape index (κ3) is 5.99. The van der Waals surface area contributed by atoms with Crippen LogP contribution in [0.1, 0.15) is 35.5 Å².